The van der Waals surface area contributed by atoms with Crippen LogP contribution < -0.4 is 0 Å². The molecule has 0 radical (unpaired) electrons. The number of aromatic nitrogens is 1. The quantitative estimate of drug-likeness (QED) is 0.435. The van der Waals surface area contributed by atoms with Crippen LogP contribution in [-0.4, -0.2) is 10.7 Å². The van der Waals surface area contributed by atoms with Crippen LogP contribution in [0.15, 0.2) is 23.4 Å². The zero-order valence-electron chi connectivity index (χ0n) is 10.5. The summed E-state index contributed by atoms with van der Waals surface area (Å²) in [6.07, 6.45) is 13.3. The molecule has 0 atom stereocenters. The van der Waals surface area contributed by atoms with E-state index >= 15 is 0 Å². The van der Waals surface area contributed by atoms with E-state index in [1.54, 1.807) is 0 Å². The summed E-state index contributed by atoms with van der Waals surface area (Å²) in [6.45, 7) is 2.28. The molecule has 0 aliphatic carbocycles. The Hall–Kier alpha value is -0.370. The Morgan fingerprint density at radius 1 is 1.00 bits per heavy atom. The molecule has 0 aliphatic heterocycles. The first-order valence-corrected chi connectivity index (χ1v) is 7.68. The second-order valence-corrected chi connectivity index (χ2v) is 5.49. The van der Waals surface area contributed by atoms with E-state index in [9.17, 15) is 0 Å². The average Bonchev–Trinajstić information content (AvgIpc) is 2.80. The lowest BCUT2D eigenvalue weighted by atomic mass is 10.1. The largest absolute Gasteiger partial charge is 0.356 e. The minimum Gasteiger partial charge on any atom is -0.356 e. The average molecular weight is 239 g/mol. The standard InChI is InChI=1S/C14H25NS/c1-2-3-4-5-6-7-8-9-13-16-14-11-10-12-15-14/h10-12,15H,2-9,13H2,1H3. The van der Waals surface area contributed by atoms with Crippen LogP contribution >= 0.6 is 11.8 Å². The molecule has 0 aromatic carbocycles. The highest BCUT2D eigenvalue weighted by molar-refractivity contribution is 7.99. The second kappa shape index (κ2) is 9.83. The lowest BCUT2D eigenvalue weighted by Gasteiger charge is -2.01. The molecule has 0 aliphatic rings. The molecule has 1 nitrogen and oxygen atoms in total. The Balaban J connectivity index is 1.78. The van der Waals surface area contributed by atoms with Crippen molar-refractivity contribution in [3.05, 3.63) is 18.3 Å². The molecule has 0 amide bonds. The predicted molar refractivity (Wildman–Crippen MR) is 74.1 cm³/mol. The molecular weight excluding hydrogens is 214 g/mol. The molecule has 0 bridgehead atoms. The number of thioether (sulfide) groups is 1. The minimum absolute atomic E-state index is 1.26. The first-order chi connectivity index (χ1) is 7.93. The summed E-state index contributed by atoms with van der Waals surface area (Å²) >= 11 is 1.94. The molecule has 1 N–H and O–H groups in total. The first-order valence-electron chi connectivity index (χ1n) is 6.69. The van der Waals surface area contributed by atoms with Crippen molar-refractivity contribution in [2.45, 2.75) is 63.3 Å². The maximum atomic E-state index is 3.23. The summed E-state index contributed by atoms with van der Waals surface area (Å²) < 4.78 is 0. The van der Waals surface area contributed by atoms with Crippen molar-refractivity contribution < 1.29 is 0 Å². The monoisotopic (exact) mass is 239 g/mol. The molecule has 2 heteroatoms. The van der Waals surface area contributed by atoms with Crippen LogP contribution in [0.4, 0.5) is 0 Å². The number of hydrogen-bond acceptors (Lipinski definition) is 1. The fourth-order valence-corrected chi connectivity index (χ4v) is 2.72. The van der Waals surface area contributed by atoms with Gasteiger partial charge < -0.3 is 4.98 Å². The Bertz CT molecular complexity index is 231. The molecule has 0 unspecified atom stereocenters. The number of rotatable bonds is 10. The molecule has 92 valence electrons. The number of aromatic amines is 1. The van der Waals surface area contributed by atoms with Gasteiger partial charge in [0, 0.05) is 6.20 Å². The van der Waals surface area contributed by atoms with Gasteiger partial charge in [-0.15, -0.1) is 11.8 Å². The van der Waals surface area contributed by atoms with E-state index in [-0.39, 0.29) is 0 Å². The topological polar surface area (TPSA) is 15.8 Å². The summed E-state index contributed by atoms with van der Waals surface area (Å²) in [5.74, 6) is 1.26. The van der Waals surface area contributed by atoms with Gasteiger partial charge in [0.2, 0.25) is 0 Å². The Labute approximate surface area is 104 Å². The van der Waals surface area contributed by atoms with Crippen molar-refractivity contribution in [1.29, 1.82) is 0 Å². The van der Waals surface area contributed by atoms with E-state index in [0.29, 0.717) is 0 Å². The van der Waals surface area contributed by atoms with Crippen molar-refractivity contribution in [1.82, 2.24) is 4.98 Å². The molecule has 1 aromatic heterocycles. The summed E-state index contributed by atoms with van der Waals surface area (Å²) in [6, 6.07) is 4.21. The van der Waals surface area contributed by atoms with E-state index in [1.807, 2.05) is 18.0 Å². The van der Waals surface area contributed by atoms with E-state index in [0.717, 1.165) is 0 Å². The van der Waals surface area contributed by atoms with Gasteiger partial charge in [-0.1, -0.05) is 51.9 Å². The van der Waals surface area contributed by atoms with Crippen molar-refractivity contribution >= 4 is 11.8 Å². The summed E-state index contributed by atoms with van der Waals surface area (Å²) in [4.78, 5) is 3.23. The van der Waals surface area contributed by atoms with Crippen LogP contribution in [0, 0.1) is 0 Å². The normalized spacial score (nSPS) is 10.8. The third kappa shape index (κ3) is 7.00. The van der Waals surface area contributed by atoms with Gasteiger partial charge in [0.1, 0.15) is 0 Å². The summed E-state index contributed by atoms with van der Waals surface area (Å²) in [7, 11) is 0. The SMILES string of the molecule is CCCCCCCCCCSc1ccc[nH]1. The van der Waals surface area contributed by atoms with Crippen LogP contribution in [0.25, 0.3) is 0 Å². The van der Waals surface area contributed by atoms with Crippen molar-refractivity contribution in [2.24, 2.45) is 0 Å². The van der Waals surface area contributed by atoms with Crippen LogP contribution in [0.2, 0.25) is 0 Å². The predicted octanol–water partition coefficient (Wildman–Crippen LogP) is 5.25. The molecule has 1 heterocycles. The van der Waals surface area contributed by atoms with Crippen LogP contribution in [-0.2, 0) is 0 Å². The van der Waals surface area contributed by atoms with Gasteiger partial charge in [0.05, 0.1) is 5.03 Å². The van der Waals surface area contributed by atoms with E-state index in [1.165, 1.54) is 62.1 Å². The lowest BCUT2D eigenvalue weighted by molar-refractivity contribution is 0.586. The van der Waals surface area contributed by atoms with Crippen LogP contribution in [0.3, 0.4) is 0 Å². The highest BCUT2D eigenvalue weighted by Crippen LogP contribution is 2.17. The van der Waals surface area contributed by atoms with E-state index in [4.69, 9.17) is 0 Å². The van der Waals surface area contributed by atoms with Gasteiger partial charge >= 0.3 is 0 Å². The highest BCUT2D eigenvalue weighted by atomic mass is 32.2. The Kier molecular flexibility index (Phi) is 8.41. The summed E-state index contributed by atoms with van der Waals surface area (Å²) in [5.41, 5.74) is 0. The Morgan fingerprint density at radius 3 is 2.31 bits per heavy atom. The highest BCUT2D eigenvalue weighted by Gasteiger charge is 1.94. The molecule has 1 rings (SSSR count). The molecule has 0 spiro atoms. The van der Waals surface area contributed by atoms with Crippen molar-refractivity contribution in [2.75, 3.05) is 5.75 Å². The number of H-pyrrole nitrogens is 1. The molecule has 1 aromatic rings. The zero-order valence-corrected chi connectivity index (χ0v) is 11.3. The van der Waals surface area contributed by atoms with Crippen molar-refractivity contribution in [3.8, 4) is 0 Å². The van der Waals surface area contributed by atoms with Gasteiger partial charge in [-0.3, -0.25) is 0 Å². The van der Waals surface area contributed by atoms with Gasteiger partial charge in [0.25, 0.3) is 0 Å². The van der Waals surface area contributed by atoms with E-state index in [2.05, 4.69) is 24.0 Å². The second-order valence-electron chi connectivity index (χ2n) is 4.36. The molecule has 0 fully saturated rings. The fourth-order valence-electron chi connectivity index (χ4n) is 1.82. The molecule has 0 saturated heterocycles. The van der Waals surface area contributed by atoms with Gasteiger partial charge in [0.15, 0.2) is 0 Å². The Morgan fingerprint density at radius 2 is 1.69 bits per heavy atom. The third-order valence-corrected chi connectivity index (χ3v) is 3.88. The van der Waals surface area contributed by atoms with Crippen LogP contribution in [0.1, 0.15) is 58.3 Å². The lowest BCUT2D eigenvalue weighted by Crippen LogP contribution is -1.83. The molecular formula is C14H25NS. The van der Waals surface area contributed by atoms with Gasteiger partial charge in [-0.05, 0) is 24.3 Å². The van der Waals surface area contributed by atoms with Gasteiger partial charge in [-0.25, -0.2) is 0 Å². The van der Waals surface area contributed by atoms with E-state index < -0.39 is 0 Å². The maximum Gasteiger partial charge on any atom is 0.0721 e. The minimum atomic E-state index is 1.26. The van der Waals surface area contributed by atoms with Gasteiger partial charge in [-0.2, -0.15) is 0 Å². The van der Waals surface area contributed by atoms with Crippen molar-refractivity contribution in [3.63, 3.8) is 0 Å². The first kappa shape index (κ1) is 13.7. The zero-order chi connectivity index (χ0) is 11.5. The smallest absolute Gasteiger partial charge is 0.0721 e. The number of unbranched alkanes of at least 4 members (excludes halogenated alkanes) is 7. The van der Waals surface area contributed by atoms with Crippen LogP contribution in [0.5, 0.6) is 0 Å². The molecule has 0 saturated carbocycles. The molecule has 16 heavy (non-hydrogen) atoms. The fraction of sp³-hybridized carbons (Fsp3) is 0.714. The maximum absolute atomic E-state index is 3.23. The number of nitrogens with one attached hydrogen (secondary N) is 1. The summed E-state index contributed by atoms with van der Waals surface area (Å²) in [5, 5.41) is 1.31. The third-order valence-electron chi connectivity index (χ3n) is 2.82. The number of hydrogen-bond donors (Lipinski definition) is 1.